The largest absolute Gasteiger partial charge is 0.508 e. The number of rotatable bonds is 1. The summed E-state index contributed by atoms with van der Waals surface area (Å²) in [6.45, 7) is 2.06. The summed E-state index contributed by atoms with van der Waals surface area (Å²) in [5, 5.41) is 9.44. The molecule has 0 bridgehead atoms. The van der Waals surface area contributed by atoms with Crippen LogP contribution in [0.4, 0.5) is 5.69 Å². The van der Waals surface area contributed by atoms with Gasteiger partial charge in [0.2, 0.25) is 11.8 Å². The predicted octanol–water partition coefficient (Wildman–Crippen LogP) is 3.26. The lowest BCUT2D eigenvalue weighted by Gasteiger charge is -2.37. The number of phenolic OH excluding ortho intramolecular Hbond substituents is 1. The van der Waals surface area contributed by atoms with Crippen LogP contribution in [0.3, 0.4) is 0 Å². The van der Waals surface area contributed by atoms with E-state index in [4.69, 9.17) is 0 Å². The van der Waals surface area contributed by atoms with Crippen LogP contribution in [-0.2, 0) is 9.59 Å². The molecule has 4 nitrogen and oxygen atoms in total. The molecule has 0 radical (unpaired) electrons. The highest BCUT2D eigenvalue weighted by atomic mass is 16.3. The zero-order chi connectivity index (χ0) is 16.1. The van der Waals surface area contributed by atoms with Crippen molar-refractivity contribution >= 4 is 17.5 Å². The Kier molecular flexibility index (Phi) is 3.29. The minimum Gasteiger partial charge on any atom is -0.508 e. The van der Waals surface area contributed by atoms with Gasteiger partial charge in [0.25, 0.3) is 0 Å². The van der Waals surface area contributed by atoms with Crippen LogP contribution < -0.4 is 4.90 Å². The van der Waals surface area contributed by atoms with Crippen molar-refractivity contribution in [2.75, 3.05) is 4.90 Å². The summed E-state index contributed by atoms with van der Waals surface area (Å²) < 4.78 is 0. The second-order valence-corrected chi connectivity index (χ2v) is 7.03. The Labute approximate surface area is 135 Å². The molecule has 2 fully saturated rings. The van der Waals surface area contributed by atoms with E-state index in [9.17, 15) is 14.7 Å². The standard InChI is InChI=1S/C19H21NO3/c1-11-10-12-4-2-3-5-15(12)17-16(11)18(22)20(19(17)23)13-6-8-14(21)9-7-13/h6-11,15-17,21H,2-5H2,1H3. The van der Waals surface area contributed by atoms with Crippen LogP contribution >= 0.6 is 0 Å². The number of carbonyl (C=O) groups excluding carboxylic acids is 2. The number of amides is 2. The molecule has 1 N–H and O–H groups in total. The Bertz CT molecular complexity index is 691. The molecule has 2 aliphatic carbocycles. The predicted molar refractivity (Wildman–Crippen MR) is 86.8 cm³/mol. The van der Waals surface area contributed by atoms with Gasteiger partial charge in [-0.1, -0.05) is 25.0 Å². The van der Waals surface area contributed by atoms with E-state index >= 15 is 0 Å². The molecule has 1 saturated heterocycles. The summed E-state index contributed by atoms with van der Waals surface area (Å²) >= 11 is 0. The Morgan fingerprint density at radius 3 is 2.48 bits per heavy atom. The fourth-order valence-corrected chi connectivity index (χ4v) is 4.67. The van der Waals surface area contributed by atoms with Gasteiger partial charge in [0.05, 0.1) is 17.5 Å². The molecule has 1 aromatic carbocycles. The third-order valence-corrected chi connectivity index (χ3v) is 5.69. The first-order valence-corrected chi connectivity index (χ1v) is 8.45. The molecule has 4 heteroatoms. The third kappa shape index (κ3) is 2.12. The average molecular weight is 311 g/mol. The normalized spacial score (nSPS) is 33.3. The minimum atomic E-state index is -0.233. The fraction of sp³-hybridized carbons (Fsp3) is 0.474. The van der Waals surface area contributed by atoms with Crippen molar-refractivity contribution in [3.63, 3.8) is 0 Å². The Morgan fingerprint density at radius 2 is 1.74 bits per heavy atom. The first-order valence-electron chi connectivity index (χ1n) is 8.45. The van der Waals surface area contributed by atoms with Gasteiger partial charge in [-0.2, -0.15) is 0 Å². The Morgan fingerprint density at radius 1 is 1.04 bits per heavy atom. The van der Waals surface area contributed by atoms with Crippen LogP contribution in [0.2, 0.25) is 0 Å². The maximum atomic E-state index is 13.1. The van der Waals surface area contributed by atoms with Crippen LogP contribution in [-0.4, -0.2) is 16.9 Å². The van der Waals surface area contributed by atoms with Crippen LogP contribution in [0.25, 0.3) is 0 Å². The first-order chi connectivity index (χ1) is 11.1. The van der Waals surface area contributed by atoms with Crippen molar-refractivity contribution in [1.29, 1.82) is 0 Å². The smallest absolute Gasteiger partial charge is 0.238 e. The van der Waals surface area contributed by atoms with Crippen molar-refractivity contribution in [1.82, 2.24) is 0 Å². The van der Waals surface area contributed by atoms with Crippen molar-refractivity contribution in [3.05, 3.63) is 35.9 Å². The molecule has 1 aromatic rings. The van der Waals surface area contributed by atoms with Crippen molar-refractivity contribution < 1.29 is 14.7 Å². The zero-order valence-corrected chi connectivity index (χ0v) is 13.2. The average Bonchev–Trinajstić information content (AvgIpc) is 2.81. The van der Waals surface area contributed by atoms with Gasteiger partial charge < -0.3 is 5.11 Å². The summed E-state index contributed by atoms with van der Waals surface area (Å²) in [6.07, 6.45) is 6.66. The monoisotopic (exact) mass is 311 g/mol. The van der Waals surface area contributed by atoms with E-state index in [1.165, 1.54) is 29.0 Å². The van der Waals surface area contributed by atoms with E-state index in [1.54, 1.807) is 12.1 Å². The Balaban J connectivity index is 1.74. The highest BCUT2D eigenvalue weighted by molar-refractivity contribution is 6.22. The number of aromatic hydroxyl groups is 1. The van der Waals surface area contributed by atoms with Gasteiger partial charge in [0.1, 0.15) is 5.75 Å². The van der Waals surface area contributed by atoms with E-state index in [-0.39, 0.29) is 41.2 Å². The van der Waals surface area contributed by atoms with Gasteiger partial charge in [-0.05, 0) is 55.4 Å². The number of benzene rings is 1. The molecule has 1 aliphatic heterocycles. The number of hydrogen-bond donors (Lipinski definition) is 1. The number of fused-ring (bicyclic) bond motifs is 3. The van der Waals surface area contributed by atoms with Crippen molar-refractivity contribution in [2.24, 2.45) is 23.7 Å². The first kappa shape index (κ1) is 14.5. The molecule has 4 atom stereocenters. The van der Waals surface area contributed by atoms with Gasteiger partial charge in [0, 0.05) is 0 Å². The molecular weight excluding hydrogens is 290 g/mol. The number of anilines is 1. The fourth-order valence-electron chi connectivity index (χ4n) is 4.67. The number of phenols is 1. The van der Waals surface area contributed by atoms with Crippen LogP contribution in [0.1, 0.15) is 32.6 Å². The van der Waals surface area contributed by atoms with E-state index < -0.39 is 0 Å². The van der Waals surface area contributed by atoms with Gasteiger partial charge in [0.15, 0.2) is 0 Å². The van der Waals surface area contributed by atoms with Gasteiger partial charge in [-0.3, -0.25) is 14.5 Å². The summed E-state index contributed by atoms with van der Waals surface area (Å²) in [7, 11) is 0. The quantitative estimate of drug-likeness (QED) is 0.640. The van der Waals surface area contributed by atoms with Gasteiger partial charge in [-0.15, -0.1) is 0 Å². The van der Waals surface area contributed by atoms with Gasteiger partial charge in [-0.25, -0.2) is 0 Å². The molecule has 3 aliphatic rings. The summed E-state index contributed by atoms with van der Waals surface area (Å²) in [5.74, 6) is -0.0925. The van der Waals surface area contributed by atoms with Crippen LogP contribution in [0.5, 0.6) is 5.75 Å². The lowest BCUT2D eigenvalue weighted by molar-refractivity contribution is -0.123. The van der Waals surface area contributed by atoms with E-state index in [2.05, 4.69) is 13.0 Å². The molecule has 1 heterocycles. The highest BCUT2D eigenvalue weighted by Crippen LogP contribution is 2.50. The molecule has 23 heavy (non-hydrogen) atoms. The molecule has 0 spiro atoms. The van der Waals surface area contributed by atoms with Crippen LogP contribution in [0.15, 0.2) is 35.9 Å². The van der Waals surface area contributed by atoms with Crippen LogP contribution in [0, 0.1) is 23.7 Å². The summed E-state index contributed by atoms with van der Waals surface area (Å²) in [6, 6.07) is 6.32. The second-order valence-electron chi connectivity index (χ2n) is 7.03. The summed E-state index contributed by atoms with van der Waals surface area (Å²) in [4.78, 5) is 27.3. The molecular formula is C19H21NO3. The molecule has 4 rings (SSSR count). The number of allylic oxidation sites excluding steroid dienone is 2. The maximum Gasteiger partial charge on any atom is 0.238 e. The number of nitrogens with zero attached hydrogens (tertiary/aromatic N) is 1. The number of imide groups is 1. The zero-order valence-electron chi connectivity index (χ0n) is 13.2. The maximum absolute atomic E-state index is 13.1. The van der Waals surface area contributed by atoms with Crippen molar-refractivity contribution in [2.45, 2.75) is 32.6 Å². The van der Waals surface area contributed by atoms with Gasteiger partial charge >= 0.3 is 0 Å². The molecule has 4 unspecified atom stereocenters. The topological polar surface area (TPSA) is 57.6 Å². The second kappa shape index (κ2) is 5.22. The Hall–Kier alpha value is -2.10. The molecule has 1 saturated carbocycles. The summed E-state index contributed by atoms with van der Waals surface area (Å²) in [5.41, 5.74) is 1.95. The van der Waals surface area contributed by atoms with Crippen molar-refractivity contribution in [3.8, 4) is 5.75 Å². The highest BCUT2D eigenvalue weighted by Gasteiger charge is 2.55. The molecule has 0 aromatic heterocycles. The van der Waals surface area contributed by atoms with E-state index in [0.717, 1.165) is 19.3 Å². The molecule has 120 valence electrons. The van der Waals surface area contributed by atoms with E-state index in [0.29, 0.717) is 5.69 Å². The SMILES string of the molecule is CC1C=C2CCCCC2C2C(=O)N(c3ccc(O)cc3)C(=O)C12. The number of carbonyl (C=O) groups is 2. The minimum absolute atomic E-state index is 0.0601. The third-order valence-electron chi connectivity index (χ3n) is 5.69. The number of hydrogen-bond acceptors (Lipinski definition) is 3. The lowest BCUT2D eigenvalue weighted by Crippen LogP contribution is -2.36. The lowest BCUT2D eigenvalue weighted by atomic mass is 9.64. The molecule has 2 amide bonds. The van der Waals surface area contributed by atoms with E-state index in [1.807, 2.05) is 0 Å².